The third-order valence-electron chi connectivity index (χ3n) is 6.39. The lowest BCUT2D eigenvalue weighted by Gasteiger charge is -2.30. The molecule has 5 rings (SSSR count). The summed E-state index contributed by atoms with van der Waals surface area (Å²) in [4.78, 5) is 9.24. The van der Waals surface area contributed by atoms with Crippen LogP contribution in [0.1, 0.15) is 44.6 Å². The van der Waals surface area contributed by atoms with E-state index < -0.39 is 0 Å². The van der Waals surface area contributed by atoms with E-state index in [9.17, 15) is 0 Å². The lowest BCUT2D eigenvalue weighted by molar-refractivity contribution is 0.271. The highest BCUT2D eigenvalue weighted by molar-refractivity contribution is 6.03. The molecule has 2 saturated carbocycles. The Balaban J connectivity index is 1.45. The number of hydrogen-bond acceptors (Lipinski definition) is 5. The van der Waals surface area contributed by atoms with Gasteiger partial charge in [-0.05, 0) is 57.1 Å². The molecule has 0 saturated heterocycles. The topological polar surface area (TPSA) is 61.2 Å². The van der Waals surface area contributed by atoms with Crippen LogP contribution >= 0.6 is 0 Å². The van der Waals surface area contributed by atoms with E-state index in [0.29, 0.717) is 11.8 Å². The molecule has 1 N–H and O–H groups in total. The quantitative estimate of drug-likeness (QED) is 0.698. The predicted molar refractivity (Wildman–Crippen MR) is 110 cm³/mol. The summed E-state index contributed by atoms with van der Waals surface area (Å²) in [6, 6.07) is 5.29. The SMILES string of the molecule is COc1cc2ncc3ncn(C4CCC(CNC5CC5)CC4)c3c2cc1OC. The molecule has 0 bridgehead atoms. The number of aromatic nitrogens is 3. The van der Waals surface area contributed by atoms with Gasteiger partial charge in [0.1, 0.15) is 5.52 Å². The van der Waals surface area contributed by atoms with Crippen molar-refractivity contribution in [3.05, 3.63) is 24.7 Å². The van der Waals surface area contributed by atoms with Crippen LogP contribution < -0.4 is 14.8 Å². The molecule has 28 heavy (non-hydrogen) atoms. The van der Waals surface area contributed by atoms with Gasteiger partial charge in [0.25, 0.3) is 0 Å². The minimum absolute atomic E-state index is 0.501. The molecule has 148 valence electrons. The van der Waals surface area contributed by atoms with E-state index in [1.165, 1.54) is 45.1 Å². The number of benzene rings is 1. The lowest BCUT2D eigenvalue weighted by atomic mass is 9.85. The zero-order chi connectivity index (χ0) is 19.1. The highest BCUT2D eigenvalue weighted by Gasteiger charge is 2.27. The molecule has 2 fully saturated rings. The second-order valence-corrected chi connectivity index (χ2v) is 8.23. The van der Waals surface area contributed by atoms with Gasteiger partial charge in [0.05, 0.1) is 37.8 Å². The Morgan fingerprint density at radius 2 is 1.71 bits per heavy atom. The Morgan fingerprint density at radius 3 is 2.43 bits per heavy atom. The van der Waals surface area contributed by atoms with Gasteiger partial charge in [-0.2, -0.15) is 0 Å². The number of pyridine rings is 1. The van der Waals surface area contributed by atoms with Gasteiger partial charge in [0, 0.05) is 23.5 Å². The maximum atomic E-state index is 5.53. The average molecular weight is 380 g/mol. The molecule has 2 aromatic heterocycles. The zero-order valence-electron chi connectivity index (χ0n) is 16.6. The fourth-order valence-electron chi connectivity index (χ4n) is 4.57. The summed E-state index contributed by atoms with van der Waals surface area (Å²) in [6.45, 7) is 1.19. The maximum Gasteiger partial charge on any atom is 0.162 e. The van der Waals surface area contributed by atoms with E-state index >= 15 is 0 Å². The molecule has 2 aliphatic carbocycles. The van der Waals surface area contributed by atoms with Crippen LogP contribution in [0, 0.1) is 5.92 Å². The van der Waals surface area contributed by atoms with E-state index in [1.807, 2.05) is 24.7 Å². The van der Waals surface area contributed by atoms with Crippen LogP contribution in [0.25, 0.3) is 21.9 Å². The number of rotatable bonds is 6. The summed E-state index contributed by atoms with van der Waals surface area (Å²) in [5.41, 5.74) is 3.01. The third-order valence-corrected chi connectivity index (χ3v) is 6.39. The Labute approximate surface area is 165 Å². The van der Waals surface area contributed by atoms with Crippen LogP contribution in [0.15, 0.2) is 24.7 Å². The van der Waals surface area contributed by atoms with Gasteiger partial charge in [-0.25, -0.2) is 4.98 Å². The molecule has 2 heterocycles. The fraction of sp³-hybridized carbons (Fsp3) is 0.545. The van der Waals surface area contributed by atoms with Gasteiger partial charge >= 0.3 is 0 Å². The standard InChI is InChI=1S/C22H28N4O2/c1-27-20-9-17-18(10-21(20)28-2)24-12-19-22(17)26(13-25-19)16-7-3-14(4-8-16)11-23-15-5-6-15/h9-10,12-16,23H,3-8,11H2,1-2H3. The van der Waals surface area contributed by atoms with Crippen molar-refractivity contribution in [1.82, 2.24) is 19.9 Å². The number of nitrogens with zero attached hydrogens (tertiary/aromatic N) is 3. The van der Waals surface area contributed by atoms with E-state index in [0.717, 1.165) is 39.6 Å². The maximum absolute atomic E-state index is 5.53. The highest BCUT2D eigenvalue weighted by atomic mass is 16.5. The highest BCUT2D eigenvalue weighted by Crippen LogP contribution is 2.38. The summed E-state index contributed by atoms with van der Waals surface area (Å²) in [7, 11) is 3.33. The zero-order valence-corrected chi connectivity index (χ0v) is 16.6. The third kappa shape index (κ3) is 3.20. The normalized spacial score (nSPS) is 22.6. The minimum Gasteiger partial charge on any atom is -0.493 e. The molecular formula is C22H28N4O2. The van der Waals surface area contributed by atoms with Crippen LogP contribution in [0.3, 0.4) is 0 Å². The second kappa shape index (κ2) is 7.24. The van der Waals surface area contributed by atoms with Gasteiger partial charge in [-0.3, -0.25) is 4.98 Å². The summed E-state index contributed by atoms with van der Waals surface area (Å²) in [5.74, 6) is 2.25. The molecule has 0 spiro atoms. The summed E-state index contributed by atoms with van der Waals surface area (Å²) in [6.07, 6.45) is 11.6. The first-order chi connectivity index (χ1) is 13.8. The molecule has 0 unspecified atom stereocenters. The van der Waals surface area contributed by atoms with Crippen LogP contribution in [0.5, 0.6) is 11.5 Å². The molecular weight excluding hydrogens is 352 g/mol. The van der Waals surface area contributed by atoms with Gasteiger partial charge < -0.3 is 19.4 Å². The molecule has 0 atom stereocenters. The predicted octanol–water partition coefficient (Wildman–Crippen LogP) is 4.09. The molecule has 0 aliphatic heterocycles. The van der Waals surface area contributed by atoms with E-state index in [4.69, 9.17) is 9.47 Å². The van der Waals surface area contributed by atoms with Gasteiger partial charge in [0.2, 0.25) is 0 Å². The van der Waals surface area contributed by atoms with Crippen molar-refractivity contribution in [2.24, 2.45) is 5.92 Å². The van der Waals surface area contributed by atoms with Crippen molar-refractivity contribution in [3.63, 3.8) is 0 Å². The first kappa shape index (κ1) is 17.7. The molecule has 3 aromatic rings. The number of nitrogens with one attached hydrogen (secondary N) is 1. The Kier molecular flexibility index (Phi) is 4.59. The Hall–Kier alpha value is -2.34. The second-order valence-electron chi connectivity index (χ2n) is 8.23. The molecule has 0 amide bonds. The Morgan fingerprint density at radius 1 is 0.964 bits per heavy atom. The van der Waals surface area contributed by atoms with Crippen molar-refractivity contribution in [2.75, 3.05) is 20.8 Å². The smallest absolute Gasteiger partial charge is 0.162 e. The van der Waals surface area contributed by atoms with Crippen molar-refractivity contribution in [2.45, 2.75) is 50.6 Å². The monoisotopic (exact) mass is 380 g/mol. The molecule has 1 aromatic carbocycles. The van der Waals surface area contributed by atoms with E-state index in [2.05, 4.69) is 19.9 Å². The summed E-state index contributed by atoms with van der Waals surface area (Å²) < 4.78 is 13.3. The summed E-state index contributed by atoms with van der Waals surface area (Å²) >= 11 is 0. The van der Waals surface area contributed by atoms with Crippen LogP contribution in [0.4, 0.5) is 0 Å². The number of imidazole rings is 1. The summed E-state index contributed by atoms with van der Waals surface area (Å²) in [5, 5.41) is 4.77. The number of hydrogen-bond donors (Lipinski definition) is 1. The first-order valence-electron chi connectivity index (χ1n) is 10.4. The average Bonchev–Trinajstić information content (AvgIpc) is 3.48. The minimum atomic E-state index is 0.501. The number of fused-ring (bicyclic) bond motifs is 3. The van der Waals surface area contributed by atoms with Crippen LogP contribution in [0.2, 0.25) is 0 Å². The van der Waals surface area contributed by atoms with Gasteiger partial charge in [0.15, 0.2) is 11.5 Å². The first-order valence-corrected chi connectivity index (χ1v) is 10.4. The van der Waals surface area contributed by atoms with Gasteiger partial charge in [-0.1, -0.05) is 0 Å². The van der Waals surface area contributed by atoms with Crippen molar-refractivity contribution >= 4 is 21.9 Å². The number of ether oxygens (including phenoxy) is 2. The molecule has 6 heteroatoms. The number of methoxy groups -OCH3 is 2. The Bertz CT molecular complexity index is 987. The van der Waals surface area contributed by atoms with Crippen molar-refractivity contribution in [1.29, 1.82) is 0 Å². The lowest BCUT2D eigenvalue weighted by Crippen LogP contribution is -2.28. The largest absolute Gasteiger partial charge is 0.493 e. The molecule has 0 radical (unpaired) electrons. The fourth-order valence-corrected chi connectivity index (χ4v) is 4.57. The van der Waals surface area contributed by atoms with Crippen molar-refractivity contribution < 1.29 is 9.47 Å². The van der Waals surface area contributed by atoms with Crippen LogP contribution in [-0.2, 0) is 0 Å². The molecule has 6 nitrogen and oxygen atoms in total. The molecule has 2 aliphatic rings. The van der Waals surface area contributed by atoms with Gasteiger partial charge in [-0.15, -0.1) is 0 Å². The van der Waals surface area contributed by atoms with Crippen LogP contribution in [-0.4, -0.2) is 41.3 Å². The van der Waals surface area contributed by atoms with Crippen molar-refractivity contribution in [3.8, 4) is 11.5 Å². The van der Waals surface area contributed by atoms with E-state index in [1.54, 1.807) is 14.2 Å². The van der Waals surface area contributed by atoms with E-state index in [-0.39, 0.29) is 0 Å².